The molecule has 2 saturated heterocycles. The van der Waals surface area contributed by atoms with Crippen LogP contribution in [-0.2, 0) is 4.74 Å². The van der Waals surface area contributed by atoms with Gasteiger partial charge in [-0.2, -0.15) is 0 Å². The van der Waals surface area contributed by atoms with Crippen LogP contribution in [0.1, 0.15) is 19.8 Å². The Labute approximate surface area is 164 Å². The van der Waals surface area contributed by atoms with Gasteiger partial charge in [0.1, 0.15) is 0 Å². The molecule has 1 atom stereocenters. The minimum Gasteiger partial charge on any atom is -0.379 e. The Morgan fingerprint density at radius 2 is 2.00 bits per heavy atom. The van der Waals surface area contributed by atoms with Crippen molar-refractivity contribution in [3.8, 4) is 0 Å². The molecule has 6 heteroatoms. The highest BCUT2D eigenvalue weighted by atomic mass is 16.5. The summed E-state index contributed by atoms with van der Waals surface area (Å²) >= 11 is 0. The van der Waals surface area contributed by atoms with Crippen molar-refractivity contribution in [3.63, 3.8) is 0 Å². The van der Waals surface area contributed by atoms with E-state index in [4.69, 9.17) is 4.74 Å². The van der Waals surface area contributed by atoms with Gasteiger partial charge in [0.2, 0.25) is 0 Å². The molecule has 6 nitrogen and oxygen atoms in total. The van der Waals surface area contributed by atoms with E-state index in [9.17, 15) is 0 Å². The Hall–Kier alpha value is -1.79. The number of rotatable bonds is 7. The first kappa shape index (κ1) is 20.0. The summed E-state index contributed by atoms with van der Waals surface area (Å²) in [6.45, 7) is 11.3. The van der Waals surface area contributed by atoms with E-state index >= 15 is 0 Å². The summed E-state index contributed by atoms with van der Waals surface area (Å²) in [5.74, 6) is 1.05. The first-order chi connectivity index (χ1) is 13.3. The predicted molar refractivity (Wildman–Crippen MR) is 113 cm³/mol. The van der Waals surface area contributed by atoms with Crippen molar-refractivity contribution in [3.05, 3.63) is 30.3 Å². The van der Waals surface area contributed by atoms with E-state index < -0.39 is 0 Å². The zero-order valence-electron chi connectivity index (χ0n) is 16.9. The van der Waals surface area contributed by atoms with E-state index in [0.29, 0.717) is 6.04 Å². The Balaban J connectivity index is 1.40. The second-order valence-electron chi connectivity index (χ2n) is 7.28. The number of nitrogens with zero attached hydrogens (tertiary/aromatic N) is 4. The van der Waals surface area contributed by atoms with Crippen molar-refractivity contribution in [1.29, 1.82) is 0 Å². The number of aliphatic imine (C=N–C) groups is 1. The second kappa shape index (κ2) is 10.5. The van der Waals surface area contributed by atoms with Gasteiger partial charge in [0.15, 0.2) is 5.96 Å². The van der Waals surface area contributed by atoms with Crippen molar-refractivity contribution in [1.82, 2.24) is 15.1 Å². The molecule has 0 saturated carbocycles. The topological polar surface area (TPSA) is 43.3 Å². The van der Waals surface area contributed by atoms with Crippen LogP contribution in [0.4, 0.5) is 5.69 Å². The van der Waals surface area contributed by atoms with Gasteiger partial charge in [-0.15, -0.1) is 0 Å². The smallest absolute Gasteiger partial charge is 0.193 e. The van der Waals surface area contributed by atoms with Crippen molar-refractivity contribution < 1.29 is 4.74 Å². The number of nitrogens with one attached hydrogen (secondary N) is 1. The number of anilines is 1. The van der Waals surface area contributed by atoms with Gasteiger partial charge in [-0.05, 0) is 31.9 Å². The van der Waals surface area contributed by atoms with Gasteiger partial charge in [-0.25, -0.2) is 0 Å². The summed E-state index contributed by atoms with van der Waals surface area (Å²) < 4.78 is 5.49. The summed E-state index contributed by atoms with van der Waals surface area (Å²) in [6.07, 6.45) is 2.32. The van der Waals surface area contributed by atoms with Crippen LogP contribution in [0.2, 0.25) is 0 Å². The van der Waals surface area contributed by atoms with Crippen LogP contribution in [0.15, 0.2) is 35.3 Å². The van der Waals surface area contributed by atoms with E-state index in [1.807, 2.05) is 7.05 Å². The normalized spacial score (nSPS) is 21.5. The summed E-state index contributed by atoms with van der Waals surface area (Å²) in [7, 11) is 1.90. The number of benzene rings is 1. The lowest BCUT2D eigenvalue weighted by Crippen LogP contribution is -2.47. The largest absolute Gasteiger partial charge is 0.379 e. The van der Waals surface area contributed by atoms with E-state index in [-0.39, 0.29) is 0 Å². The number of guanidine groups is 1. The molecular formula is C21H35N5O. The summed E-state index contributed by atoms with van der Waals surface area (Å²) in [4.78, 5) is 11.9. The number of para-hydroxylation sites is 1. The Bertz CT molecular complexity index is 573. The lowest BCUT2D eigenvalue weighted by Gasteiger charge is -2.32. The van der Waals surface area contributed by atoms with Crippen molar-refractivity contribution in [2.24, 2.45) is 4.99 Å². The molecule has 2 heterocycles. The highest BCUT2D eigenvalue weighted by molar-refractivity contribution is 5.80. The lowest BCUT2D eigenvalue weighted by atomic mass is 10.2. The zero-order valence-corrected chi connectivity index (χ0v) is 16.9. The molecule has 0 radical (unpaired) electrons. The minimum absolute atomic E-state index is 0.640. The first-order valence-corrected chi connectivity index (χ1v) is 10.4. The van der Waals surface area contributed by atoms with Crippen LogP contribution in [0.25, 0.3) is 0 Å². The molecule has 1 N–H and O–H groups in total. The average molecular weight is 374 g/mol. The maximum absolute atomic E-state index is 5.49. The highest BCUT2D eigenvalue weighted by Gasteiger charge is 2.30. The molecule has 2 fully saturated rings. The van der Waals surface area contributed by atoms with Gasteiger partial charge in [-0.3, -0.25) is 9.89 Å². The maximum Gasteiger partial charge on any atom is 0.193 e. The van der Waals surface area contributed by atoms with E-state index in [0.717, 1.165) is 71.4 Å². The Morgan fingerprint density at radius 3 is 2.70 bits per heavy atom. The number of morpholine rings is 1. The first-order valence-electron chi connectivity index (χ1n) is 10.4. The minimum atomic E-state index is 0.640. The number of hydrogen-bond donors (Lipinski definition) is 1. The van der Waals surface area contributed by atoms with Gasteiger partial charge >= 0.3 is 0 Å². The van der Waals surface area contributed by atoms with Gasteiger partial charge < -0.3 is 19.9 Å². The molecule has 150 valence electrons. The third kappa shape index (κ3) is 5.59. The van der Waals surface area contributed by atoms with Crippen LogP contribution in [0.5, 0.6) is 0 Å². The zero-order chi connectivity index (χ0) is 18.9. The van der Waals surface area contributed by atoms with Gasteiger partial charge in [0.05, 0.1) is 13.2 Å². The Kier molecular flexibility index (Phi) is 7.78. The molecule has 0 bridgehead atoms. The molecule has 2 aliphatic rings. The fourth-order valence-electron chi connectivity index (χ4n) is 4.09. The van der Waals surface area contributed by atoms with Gasteiger partial charge in [-0.1, -0.05) is 18.2 Å². The fraction of sp³-hybridized carbons (Fsp3) is 0.667. The van der Waals surface area contributed by atoms with Gasteiger partial charge in [0.25, 0.3) is 0 Å². The van der Waals surface area contributed by atoms with Crippen LogP contribution in [-0.4, -0.2) is 87.9 Å². The molecule has 3 rings (SSSR count). The maximum atomic E-state index is 5.49. The number of likely N-dealkylation sites (tertiary alicyclic amines) is 1. The quantitative estimate of drug-likeness (QED) is 0.449. The molecule has 1 aromatic rings. The molecule has 0 spiro atoms. The Morgan fingerprint density at radius 1 is 1.22 bits per heavy atom. The predicted octanol–water partition coefficient (Wildman–Crippen LogP) is 1.88. The van der Waals surface area contributed by atoms with Crippen molar-refractivity contribution >= 4 is 11.6 Å². The second-order valence-corrected chi connectivity index (χ2v) is 7.28. The molecular weight excluding hydrogens is 338 g/mol. The molecule has 0 aromatic heterocycles. The van der Waals surface area contributed by atoms with Crippen LogP contribution < -0.4 is 10.2 Å². The summed E-state index contributed by atoms with van der Waals surface area (Å²) in [6, 6.07) is 11.3. The van der Waals surface area contributed by atoms with E-state index in [1.165, 1.54) is 12.1 Å². The third-order valence-corrected chi connectivity index (χ3v) is 5.63. The molecule has 2 aliphatic heterocycles. The molecule has 1 unspecified atom stereocenters. The fourth-order valence-corrected chi connectivity index (χ4v) is 4.09. The lowest BCUT2D eigenvalue weighted by molar-refractivity contribution is 0.0195. The van der Waals surface area contributed by atoms with Crippen LogP contribution in [0, 0.1) is 0 Å². The monoisotopic (exact) mass is 373 g/mol. The summed E-state index contributed by atoms with van der Waals surface area (Å²) in [5, 5.41) is 3.57. The highest BCUT2D eigenvalue weighted by Crippen LogP contribution is 2.17. The standard InChI is InChI=1S/C21H35N5O/c1-3-24(19-8-5-4-6-9-19)12-7-11-23-21(22-2)26-13-10-20(18-26)25-14-16-27-17-15-25/h4-6,8-9,20H,3,7,10-18H2,1-2H3,(H,22,23). The van der Waals surface area contributed by atoms with E-state index in [1.54, 1.807) is 0 Å². The summed E-state index contributed by atoms with van der Waals surface area (Å²) in [5.41, 5.74) is 1.30. The SMILES string of the molecule is CCN(CCCNC(=NC)N1CCC(N2CCOCC2)C1)c1ccccc1. The number of ether oxygens (including phenoxy) is 1. The number of hydrogen-bond acceptors (Lipinski definition) is 4. The average Bonchev–Trinajstić information content (AvgIpc) is 3.22. The third-order valence-electron chi connectivity index (χ3n) is 5.63. The molecule has 0 aliphatic carbocycles. The van der Waals surface area contributed by atoms with Crippen LogP contribution >= 0.6 is 0 Å². The molecule has 0 amide bonds. The van der Waals surface area contributed by atoms with E-state index in [2.05, 4.69) is 62.3 Å². The van der Waals surface area contributed by atoms with Crippen molar-refractivity contribution in [2.75, 3.05) is 71.0 Å². The van der Waals surface area contributed by atoms with Gasteiger partial charge in [0, 0.05) is 64.6 Å². The van der Waals surface area contributed by atoms with Crippen LogP contribution in [0.3, 0.4) is 0 Å². The molecule has 27 heavy (non-hydrogen) atoms. The molecule has 1 aromatic carbocycles. The van der Waals surface area contributed by atoms with Crippen molar-refractivity contribution in [2.45, 2.75) is 25.8 Å².